The van der Waals surface area contributed by atoms with Crippen LogP contribution in [-0.4, -0.2) is 45.2 Å². The summed E-state index contributed by atoms with van der Waals surface area (Å²) in [5.41, 5.74) is 0. The molecule has 4 nitrogen and oxygen atoms in total. The molecular weight excluding hydrogens is 601 g/mol. The van der Waals surface area contributed by atoms with Gasteiger partial charge in [-0.05, 0) is 38.9 Å². The average Bonchev–Trinajstić information content (AvgIpc) is 3.15. The van der Waals surface area contributed by atoms with Crippen LogP contribution in [0.1, 0.15) is 255 Å². The van der Waals surface area contributed by atoms with Crippen LogP contribution >= 0.6 is 0 Å². The summed E-state index contributed by atoms with van der Waals surface area (Å²) in [6, 6.07) is 0. The highest BCUT2D eigenvalue weighted by Crippen LogP contribution is 2.12. The van der Waals surface area contributed by atoms with Gasteiger partial charge in [-0.15, -0.1) is 0 Å². The van der Waals surface area contributed by atoms with E-state index in [4.69, 9.17) is 9.84 Å². The molecule has 0 saturated heterocycles. The molecule has 0 fully saturated rings. The van der Waals surface area contributed by atoms with Crippen LogP contribution in [0, 0.1) is 0 Å². The van der Waals surface area contributed by atoms with Crippen molar-refractivity contribution in [1.29, 1.82) is 0 Å². The third-order valence-electron chi connectivity index (χ3n) is 8.26. The van der Waals surface area contributed by atoms with Gasteiger partial charge in [0.15, 0.2) is 0 Å². The maximum Gasteiger partial charge on any atom is 0.0965 e. The molecule has 306 valence electrons. The molecule has 0 rings (SSSR count). The van der Waals surface area contributed by atoms with E-state index in [1.54, 1.807) is 0 Å². The Morgan fingerprint density at radius 1 is 0.327 bits per heavy atom. The number of nitrogens with one attached hydrogen (secondary N) is 2. The van der Waals surface area contributed by atoms with Gasteiger partial charge in [0.05, 0.1) is 6.73 Å². The van der Waals surface area contributed by atoms with Crippen molar-refractivity contribution in [1.82, 2.24) is 10.6 Å². The molecule has 0 aliphatic heterocycles. The molecule has 0 bridgehead atoms. The van der Waals surface area contributed by atoms with Crippen LogP contribution in [0.25, 0.3) is 0 Å². The van der Waals surface area contributed by atoms with Crippen LogP contribution in [0.4, 0.5) is 0 Å². The molecule has 49 heavy (non-hydrogen) atoms. The molecule has 0 spiro atoms. The minimum atomic E-state index is 0.737. The van der Waals surface area contributed by atoms with Gasteiger partial charge < -0.3 is 15.2 Å². The summed E-state index contributed by atoms with van der Waals surface area (Å²) in [4.78, 5) is 0. The van der Waals surface area contributed by atoms with E-state index < -0.39 is 0 Å². The van der Waals surface area contributed by atoms with E-state index in [0.29, 0.717) is 0 Å². The maximum atomic E-state index is 7.00. The van der Waals surface area contributed by atoms with Gasteiger partial charge in [-0.1, -0.05) is 236 Å². The Morgan fingerprint density at radius 2 is 0.592 bits per heavy atom. The Labute approximate surface area is 315 Å². The molecule has 0 aromatic heterocycles. The van der Waals surface area contributed by atoms with E-state index in [1.165, 1.54) is 193 Å². The smallest absolute Gasteiger partial charge is 0.0965 e. The van der Waals surface area contributed by atoms with Crippen LogP contribution in [0.15, 0.2) is 0 Å². The predicted molar refractivity (Wildman–Crippen MR) is 230 cm³/mol. The molecule has 0 unspecified atom stereocenters. The minimum Gasteiger partial charge on any atom is -0.400 e. The normalized spacial score (nSPS) is 9.80. The largest absolute Gasteiger partial charge is 0.400 e. The number of rotatable bonds is 33. The molecular formula is C45H104N2O2. The average molecular weight is 705 g/mol. The van der Waals surface area contributed by atoms with Crippen molar-refractivity contribution in [2.75, 3.05) is 40.1 Å². The number of hydrogen-bond acceptors (Lipinski definition) is 4. The first kappa shape index (κ1) is 60.9. The Kier molecular flexibility index (Phi) is 96.1. The van der Waals surface area contributed by atoms with E-state index in [-0.39, 0.29) is 0 Å². The minimum absolute atomic E-state index is 0.737. The second-order valence-electron chi connectivity index (χ2n) is 13.2. The lowest BCUT2D eigenvalue weighted by Crippen LogP contribution is -2.19. The Balaban J connectivity index is -0.000000143. The predicted octanol–water partition coefficient (Wildman–Crippen LogP) is 15.2. The van der Waals surface area contributed by atoms with Gasteiger partial charge in [0.25, 0.3) is 0 Å². The van der Waals surface area contributed by atoms with Gasteiger partial charge >= 0.3 is 0 Å². The fourth-order valence-electron chi connectivity index (χ4n) is 4.68. The maximum absolute atomic E-state index is 7.00. The lowest BCUT2D eigenvalue weighted by molar-refractivity contribution is 0.113. The fraction of sp³-hybridized carbons (Fsp3) is 1.00. The van der Waals surface area contributed by atoms with Gasteiger partial charge in [-0.2, -0.15) is 0 Å². The topological polar surface area (TPSA) is 53.5 Å². The summed E-state index contributed by atoms with van der Waals surface area (Å²) in [6.45, 7) is 26.8. The summed E-state index contributed by atoms with van der Waals surface area (Å²) >= 11 is 0. The number of aliphatic hydroxyl groups is 1. The first-order valence-corrected chi connectivity index (χ1v) is 22.6. The second kappa shape index (κ2) is 77.3. The van der Waals surface area contributed by atoms with E-state index in [0.717, 1.165) is 33.5 Å². The van der Waals surface area contributed by atoms with Gasteiger partial charge in [0.2, 0.25) is 0 Å². The van der Waals surface area contributed by atoms with E-state index >= 15 is 0 Å². The van der Waals surface area contributed by atoms with Crippen molar-refractivity contribution in [3.05, 3.63) is 0 Å². The molecule has 0 aliphatic carbocycles. The summed E-state index contributed by atoms with van der Waals surface area (Å²) in [5, 5.41) is 13.7. The summed E-state index contributed by atoms with van der Waals surface area (Å²) < 4.78 is 5.52. The highest BCUT2D eigenvalue weighted by atomic mass is 16.5. The number of hydrogen-bond donors (Lipinski definition) is 3. The SMILES string of the molecule is CC.CCCC.CCCC.CCCCCCCCCCCCCCNCC.CCCCCCCCCCCCNCOCCCCC.CO. The third-order valence-corrected chi connectivity index (χ3v) is 8.26. The van der Waals surface area contributed by atoms with Gasteiger partial charge in [0, 0.05) is 13.7 Å². The quantitative estimate of drug-likeness (QED) is 0.0470. The Morgan fingerprint density at radius 3 is 0.878 bits per heavy atom. The van der Waals surface area contributed by atoms with Crippen LogP contribution in [0.5, 0.6) is 0 Å². The number of aliphatic hydroxyl groups excluding tert-OH is 1. The van der Waals surface area contributed by atoms with Gasteiger partial charge in [-0.25, -0.2) is 0 Å². The standard InChI is InChI=1S/C18H39NO.C16H35N.2C4H10.C2H6.CH4O/c1-3-5-7-8-9-10-11-12-13-14-16-19-18-20-17-15-6-4-2;1-3-5-6-7-8-9-10-11-12-13-14-15-16-17-4-2;2*1-3-4-2;2*1-2/h19H,3-18H2,1-2H3;17H,3-16H2,1-2H3;2*3-4H2,1-2H3;1-2H3;2H,1H3. The van der Waals surface area contributed by atoms with Crippen molar-refractivity contribution < 1.29 is 9.84 Å². The second-order valence-corrected chi connectivity index (χ2v) is 13.2. The van der Waals surface area contributed by atoms with Gasteiger partial charge in [-0.3, -0.25) is 5.32 Å². The molecule has 0 saturated carbocycles. The number of unbranched alkanes of at least 4 members (excludes halogenated alkanes) is 24. The van der Waals surface area contributed by atoms with Crippen molar-refractivity contribution in [2.45, 2.75) is 255 Å². The summed E-state index contributed by atoms with van der Waals surface area (Å²) in [5.74, 6) is 0. The monoisotopic (exact) mass is 705 g/mol. The molecule has 0 amide bonds. The van der Waals surface area contributed by atoms with Gasteiger partial charge in [0.1, 0.15) is 0 Å². The highest BCUT2D eigenvalue weighted by molar-refractivity contribution is 4.51. The lowest BCUT2D eigenvalue weighted by atomic mass is 10.1. The van der Waals surface area contributed by atoms with E-state index in [9.17, 15) is 0 Å². The molecule has 0 aliphatic rings. The zero-order valence-corrected chi connectivity index (χ0v) is 36.9. The zero-order chi connectivity index (χ0) is 38.2. The Bertz CT molecular complexity index is 369. The molecule has 0 aromatic carbocycles. The van der Waals surface area contributed by atoms with Crippen LogP contribution in [-0.2, 0) is 4.74 Å². The lowest BCUT2D eigenvalue weighted by Gasteiger charge is -2.06. The highest BCUT2D eigenvalue weighted by Gasteiger charge is 1.94. The zero-order valence-electron chi connectivity index (χ0n) is 36.9. The van der Waals surface area contributed by atoms with Crippen LogP contribution in [0.3, 0.4) is 0 Å². The van der Waals surface area contributed by atoms with Crippen LogP contribution < -0.4 is 10.6 Å². The third kappa shape index (κ3) is 93.2. The molecule has 0 atom stereocenters. The van der Waals surface area contributed by atoms with E-state index in [2.05, 4.69) is 66.0 Å². The molecule has 3 N–H and O–H groups in total. The van der Waals surface area contributed by atoms with Crippen molar-refractivity contribution in [3.8, 4) is 0 Å². The first-order valence-electron chi connectivity index (χ1n) is 22.6. The number of ether oxygens (including phenoxy) is 1. The van der Waals surface area contributed by atoms with Crippen LogP contribution in [0.2, 0.25) is 0 Å². The van der Waals surface area contributed by atoms with Crippen molar-refractivity contribution in [3.63, 3.8) is 0 Å². The summed E-state index contributed by atoms with van der Waals surface area (Å²) in [7, 11) is 1.00. The molecule has 4 heteroatoms. The first-order chi connectivity index (χ1) is 24.2. The van der Waals surface area contributed by atoms with Crippen molar-refractivity contribution >= 4 is 0 Å². The fourth-order valence-corrected chi connectivity index (χ4v) is 4.68. The summed E-state index contributed by atoms with van der Waals surface area (Å²) in [6.07, 6.45) is 40.4. The molecule has 0 aromatic rings. The Hall–Kier alpha value is -0.160. The molecule has 0 radical (unpaired) electrons. The van der Waals surface area contributed by atoms with E-state index in [1.807, 2.05) is 13.8 Å². The van der Waals surface area contributed by atoms with Crippen molar-refractivity contribution in [2.24, 2.45) is 0 Å². The molecule has 0 heterocycles.